The fraction of sp³-hybridized carbons (Fsp3) is 1.00. The molecule has 3 nitrogen and oxygen atoms in total. The minimum absolute atomic E-state index is 0.597. The molecule has 0 saturated carbocycles. The van der Waals surface area contributed by atoms with Crippen LogP contribution in [0.25, 0.3) is 0 Å². The van der Waals surface area contributed by atoms with Gasteiger partial charge in [0.15, 0.2) is 0 Å². The van der Waals surface area contributed by atoms with Crippen LogP contribution in [0.5, 0.6) is 0 Å². The van der Waals surface area contributed by atoms with Gasteiger partial charge in [0.1, 0.15) is 0 Å². The molecular weight excluding hydrogens is 337 g/mol. The molecule has 0 aliphatic carbocycles. The summed E-state index contributed by atoms with van der Waals surface area (Å²) in [6, 6.07) is 0. The van der Waals surface area contributed by atoms with Crippen LogP contribution >= 0.6 is 5.93 Å². The second kappa shape index (κ2) is 15.7. The van der Waals surface area contributed by atoms with Gasteiger partial charge in [-0.25, -0.2) is 0 Å². The van der Waals surface area contributed by atoms with Gasteiger partial charge in [0.25, 0.3) is 0 Å². The maximum absolute atomic E-state index is 12.1. The summed E-state index contributed by atoms with van der Waals surface area (Å²) in [5.41, 5.74) is 0. The van der Waals surface area contributed by atoms with Gasteiger partial charge in [0.2, 0.25) is 0 Å². The Morgan fingerprint density at radius 2 is 1.00 bits per heavy atom. The van der Waals surface area contributed by atoms with Crippen LogP contribution in [0.15, 0.2) is 0 Å². The number of hydrogen-bond donors (Lipinski definition) is 0. The molecule has 0 atom stereocenters. The van der Waals surface area contributed by atoms with Crippen molar-refractivity contribution in [3.8, 4) is 0 Å². The predicted octanol–water partition coefficient (Wildman–Crippen LogP) is 6.40. The summed E-state index contributed by atoms with van der Waals surface area (Å²) in [5.74, 6) is -2.69. The van der Waals surface area contributed by atoms with E-state index in [1.807, 2.05) is 0 Å². The van der Waals surface area contributed by atoms with Crippen LogP contribution in [-0.4, -0.2) is 13.2 Å². The number of unbranched alkanes of at least 4 members (excludes halogenated alkanes) is 10. The zero-order chi connectivity index (χ0) is 15.8. The monoisotopic (exact) mass is 369 g/mol. The third-order valence-electron chi connectivity index (χ3n) is 3.57. The summed E-state index contributed by atoms with van der Waals surface area (Å²) in [6.07, 6.45) is 14.7. The van der Waals surface area contributed by atoms with Gasteiger partial charge < -0.3 is 0 Å². The predicted molar refractivity (Wildman–Crippen MR) is 86.3 cm³/mol. The molecule has 123 valence electrons. The molecule has 0 fully saturated rings. The van der Waals surface area contributed by atoms with Crippen LogP contribution in [0, 0.1) is 0 Å². The Morgan fingerprint density at radius 1 is 0.667 bits per heavy atom. The Bertz CT molecular complexity index is 240. The Balaban J connectivity index is 3.37. The molecular formula is C16H34O3PZn. The zero-order valence-electron chi connectivity index (χ0n) is 14.3. The van der Waals surface area contributed by atoms with Crippen LogP contribution in [0.1, 0.15) is 90.9 Å². The summed E-state index contributed by atoms with van der Waals surface area (Å²) in [6.45, 7) is 5.64. The van der Waals surface area contributed by atoms with Crippen molar-refractivity contribution in [2.24, 2.45) is 0 Å². The fourth-order valence-electron chi connectivity index (χ4n) is 2.21. The van der Waals surface area contributed by atoms with Gasteiger partial charge in [0, 0.05) is 0 Å². The first-order valence-corrected chi connectivity index (χ1v) is 14.6. The molecule has 0 N–H and O–H groups in total. The first-order valence-electron chi connectivity index (χ1n) is 8.86. The van der Waals surface area contributed by atoms with Crippen molar-refractivity contribution < 1.29 is 31.4 Å². The molecule has 21 heavy (non-hydrogen) atoms. The van der Waals surface area contributed by atoms with E-state index in [0.29, 0.717) is 31.0 Å². The quantitative estimate of drug-likeness (QED) is 0.179. The normalized spacial score (nSPS) is 12.0. The van der Waals surface area contributed by atoms with Gasteiger partial charge in [-0.15, -0.1) is 0 Å². The molecule has 0 amide bonds. The average molecular weight is 371 g/mol. The fourth-order valence-corrected chi connectivity index (χ4v) is 4.72. The molecule has 0 spiro atoms. The molecule has 0 unspecified atom stereocenters. The number of hydrogen-bond acceptors (Lipinski definition) is 3. The van der Waals surface area contributed by atoms with Gasteiger partial charge in [-0.3, -0.25) is 0 Å². The van der Waals surface area contributed by atoms with Gasteiger partial charge in [-0.1, -0.05) is 0 Å². The average Bonchev–Trinajstić information content (AvgIpc) is 2.45. The van der Waals surface area contributed by atoms with Gasteiger partial charge in [-0.2, -0.15) is 0 Å². The summed E-state index contributed by atoms with van der Waals surface area (Å²) < 4.78 is 23.0. The van der Waals surface area contributed by atoms with Crippen LogP contribution in [-0.2, 0) is 31.4 Å². The molecule has 0 aliphatic rings. The van der Waals surface area contributed by atoms with Crippen LogP contribution in [0.4, 0.5) is 0 Å². The Labute approximate surface area is 141 Å². The van der Waals surface area contributed by atoms with Crippen LogP contribution in [0.2, 0.25) is 0 Å². The zero-order valence-corrected chi connectivity index (χ0v) is 18.1. The SMILES string of the molecule is CCCCCCCCO[P](=O)([Zn])OCCCCCCCC. The van der Waals surface area contributed by atoms with Gasteiger partial charge >= 0.3 is 141 Å². The minimum atomic E-state index is -2.69. The molecule has 0 aromatic heterocycles. The third-order valence-corrected chi connectivity index (χ3v) is 7.02. The molecule has 5 heteroatoms. The van der Waals surface area contributed by atoms with Crippen molar-refractivity contribution in [1.82, 2.24) is 0 Å². The van der Waals surface area contributed by atoms with Crippen molar-refractivity contribution in [1.29, 1.82) is 0 Å². The topological polar surface area (TPSA) is 35.5 Å². The molecule has 0 saturated heterocycles. The van der Waals surface area contributed by atoms with Crippen molar-refractivity contribution in [2.75, 3.05) is 13.2 Å². The van der Waals surface area contributed by atoms with E-state index in [9.17, 15) is 4.57 Å². The van der Waals surface area contributed by atoms with Gasteiger partial charge in [0.05, 0.1) is 0 Å². The first-order chi connectivity index (χ1) is 10.1. The van der Waals surface area contributed by atoms with E-state index in [1.165, 1.54) is 64.2 Å². The summed E-state index contributed by atoms with van der Waals surface area (Å²) >= 11 is 0.610. The first kappa shape index (κ1) is 21.8. The molecule has 0 rings (SSSR count). The molecule has 0 bridgehead atoms. The van der Waals surface area contributed by atoms with Crippen molar-refractivity contribution in [2.45, 2.75) is 90.9 Å². The van der Waals surface area contributed by atoms with Crippen molar-refractivity contribution in [3.63, 3.8) is 0 Å². The van der Waals surface area contributed by atoms with Crippen molar-refractivity contribution in [3.05, 3.63) is 0 Å². The van der Waals surface area contributed by atoms with E-state index in [4.69, 9.17) is 9.05 Å². The Hall–Kier alpha value is 0.773. The molecule has 0 heterocycles. The van der Waals surface area contributed by atoms with E-state index >= 15 is 0 Å². The van der Waals surface area contributed by atoms with E-state index in [1.54, 1.807) is 0 Å². The van der Waals surface area contributed by atoms with E-state index < -0.39 is 5.93 Å². The number of rotatable bonds is 16. The van der Waals surface area contributed by atoms with Crippen LogP contribution in [0.3, 0.4) is 0 Å². The molecule has 0 radical (unpaired) electrons. The summed E-state index contributed by atoms with van der Waals surface area (Å²) in [7, 11) is 0. The maximum atomic E-state index is 12.1. The molecule has 0 aliphatic heterocycles. The van der Waals surface area contributed by atoms with Crippen molar-refractivity contribution >= 4 is 5.93 Å². The Kier molecular flexibility index (Phi) is 16.2. The van der Waals surface area contributed by atoms with E-state index in [-0.39, 0.29) is 0 Å². The second-order valence-electron chi connectivity index (χ2n) is 5.81. The van der Waals surface area contributed by atoms with Gasteiger partial charge in [-0.05, 0) is 0 Å². The summed E-state index contributed by atoms with van der Waals surface area (Å²) in [4.78, 5) is 0. The van der Waals surface area contributed by atoms with Crippen LogP contribution < -0.4 is 0 Å². The Morgan fingerprint density at radius 3 is 1.38 bits per heavy atom. The summed E-state index contributed by atoms with van der Waals surface area (Å²) in [5, 5.41) is 0. The second-order valence-corrected chi connectivity index (χ2v) is 12.4. The molecule has 0 aromatic carbocycles. The standard InChI is InChI=1S/C16H34O3P.Zn/c1-3-5-7-9-11-13-15-18-20(17)19-16-14-12-10-8-6-4-2;/h3-16H2,1-2H3;/q+1;-1. The molecule has 0 aromatic rings. The third kappa shape index (κ3) is 17.0. The van der Waals surface area contributed by atoms with E-state index in [2.05, 4.69) is 13.8 Å². The van der Waals surface area contributed by atoms with E-state index in [0.717, 1.165) is 12.8 Å².